The molecule has 10 heteroatoms. The molecule has 4 rings (SSSR count). The summed E-state index contributed by atoms with van der Waals surface area (Å²) in [4.78, 5) is 37.1. The zero-order valence-corrected chi connectivity index (χ0v) is 16.2. The number of amides is 3. The van der Waals surface area contributed by atoms with Crippen molar-refractivity contribution in [1.29, 1.82) is 0 Å². The van der Waals surface area contributed by atoms with E-state index >= 15 is 0 Å². The van der Waals surface area contributed by atoms with E-state index in [1.54, 1.807) is 24.3 Å². The lowest BCUT2D eigenvalue weighted by Gasteiger charge is -2.30. The van der Waals surface area contributed by atoms with Crippen molar-refractivity contribution in [2.75, 3.05) is 28.2 Å². The highest BCUT2D eigenvalue weighted by Crippen LogP contribution is 2.37. The number of hydrogen-bond acceptors (Lipinski definition) is 6. The highest BCUT2D eigenvalue weighted by Gasteiger charge is 2.36. The average Bonchev–Trinajstić information content (AvgIpc) is 3.04. The van der Waals surface area contributed by atoms with Gasteiger partial charge in [-0.3, -0.25) is 18.7 Å². The van der Waals surface area contributed by atoms with Crippen LogP contribution in [0.1, 0.15) is 12.8 Å². The van der Waals surface area contributed by atoms with E-state index in [2.05, 4.69) is 5.32 Å². The summed E-state index contributed by atoms with van der Waals surface area (Å²) in [7, 11) is -2.79. The Labute approximate surface area is 166 Å². The second kappa shape index (κ2) is 6.89. The van der Waals surface area contributed by atoms with E-state index in [1.807, 2.05) is 0 Å². The number of benzene rings is 2. The van der Waals surface area contributed by atoms with Crippen LogP contribution in [0.4, 0.5) is 17.1 Å². The van der Waals surface area contributed by atoms with Crippen LogP contribution in [0.5, 0.6) is 5.75 Å². The Morgan fingerprint density at radius 3 is 2.34 bits per heavy atom. The average molecular weight is 415 g/mol. The summed E-state index contributed by atoms with van der Waals surface area (Å²) >= 11 is 0. The summed E-state index contributed by atoms with van der Waals surface area (Å²) in [6.45, 7) is -0.387. The third-order valence-electron chi connectivity index (χ3n) is 4.76. The Kier molecular flexibility index (Phi) is 4.50. The smallest absolute Gasteiger partial charge is 0.264 e. The van der Waals surface area contributed by atoms with Gasteiger partial charge in [0.2, 0.25) is 17.7 Å². The van der Waals surface area contributed by atoms with Gasteiger partial charge >= 0.3 is 0 Å². The van der Waals surface area contributed by atoms with Gasteiger partial charge in [0.1, 0.15) is 12.3 Å². The molecule has 0 aromatic heterocycles. The molecule has 0 aliphatic carbocycles. The van der Waals surface area contributed by atoms with Gasteiger partial charge in [-0.2, -0.15) is 0 Å². The van der Waals surface area contributed by atoms with Crippen LogP contribution in [0, 0.1) is 0 Å². The predicted molar refractivity (Wildman–Crippen MR) is 104 cm³/mol. The van der Waals surface area contributed by atoms with Crippen molar-refractivity contribution in [3.05, 3.63) is 42.5 Å². The number of imide groups is 1. The van der Waals surface area contributed by atoms with Crippen LogP contribution >= 0.6 is 0 Å². The first kappa shape index (κ1) is 18.9. The van der Waals surface area contributed by atoms with Crippen LogP contribution < -0.4 is 19.3 Å². The van der Waals surface area contributed by atoms with E-state index in [4.69, 9.17) is 4.74 Å². The van der Waals surface area contributed by atoms with Gasteiger partial charge in [0, 0.05) is 12.8 Å². The molecule has 29 heavy (non-hydrogen) atoms. The molecule has 0 spiro atoms. The summed E-state index contributed by atoms with van der Waals surface area (Å²) in [5.41, 5.74) is 0.777. The number of nitrogens with zero attached hydrogens (tertiary/aromatic N) is 2. The Balaban J connectivity index is 1.83. The number of rotatable bonds is 4. The second-order valence-corrected chi connectivity index (χ2v) is 8.40. The minimum absolute atomic E-state index is 0.0542. The minimum Gasteiger partial charge on any atom is -0.495 e. The van der Waals surface area contributed by atoms with Crippen LogP contribution in [-0.4, -0.2) is 39.8 Å². The van der Waals surface area contributed by atoms with Crippen LogP contribution in [-0.2, 0) is 24.4 Å². The molecule has 9 nitrogen and oxygen atoms in total. The standard InChI is InChI=1S/C19H17N3O6S/c1-28-16-7-6-12(10-15(16)22-18(24)8-9-19(22)25)29(26,27)21-11-17(23)20-13-4-2-3-5-14(13)21/h2-7,10H,8-9,11H2,1H3,(H,20,23). The molecule has 2 aromatic rings. The molecule has 2 aliphatic rings. The van der Waals surface area contributed by atoms with Crippen LogP contribution in [0.2, 0.25) is 0 Å². The minimum atomic E-state index is -4.15. The highest BCUT2D eigenvalue weighted by molar-refractivity contribution is 7.93. The Morgan fingerprint density at radius 1 is 0.966 bits per heavy atom. The van der Waals surface area contributed by atoms with Gasteiger partial charge in [-0.25, -0.2) is 13.3 Å². The molecule has 2 aromatic carbocycles. The molecule has 1 N–H and O–H groups in total. The number of ether oxygens (including phenoxy) is 1. The molecule has 2 heterocycles. The van der Waals surface area contributed by atoms with Crippen molar-refractivity contribution in [3.8, 4) is 5.75 Å². The number of anilines is 3. The third-order valence-corrected chi connectivity index (χ3v) is 6.52. The summed E-state index contributed by atoms with van der Waals surface area (Å²) in [6, 6.07) is 10.5. The number of para-hydroxylation sites is 2. The fraction of sp³-hybridized carbons (Fsp3) is 0.211. The molecule has 3 amide bonds. The maximum Gasteiger partial charge on any atom is 0.264 e. The molecule has 0 saturated carbocycles. The van der Waals surface area contributed by atoms with Gasteiger partial charge in [0.05, 0.1) is 29.1 Å². The van der Waals surface area contributed by atoms with Crippen molar-refractivity contribution in [2.24, 2.45) is 0 Å². The van der Waals surface area contributed by atoms with Gasteiger partial charge in [0.25, 0.3) is 10.0 Å². The molecule has 150 valence electrons. The Morgan fingerprint density at radius 2 is 1.66 bits per heavy atom. The summed E-state index contributed by atoms with van der Waals surface area (Å²) < 4.78 is 32.9. The molecule has 1 saturated heterocycles. The molecule has 0 unspecified atom stereocenters. The van der Waals surface area contributed by atoms with E-state index in [9.17, 15) is 22.8 Å². The van der Waals surface area contributed by atoms with Crippen LogP contribution in [0.15, 0.2) is 47.4 Å². The Bertz CT molecular complexity index is 1130. The highest BCUT2D eigenvalue weighted by atomic mass is 32.2. The van der Waals surface area contributed by atoms with Gasteiger partial charge in [-0.15, -0.1) is 0 Å². The lowest BCUT2D eigenvalue weighted by Crippen LogP contribution is -2.42. The monoisotopic (exact) mass is 415 g/mol. The van der Waals surface area contributed by atoms with E-state index in [1.165, 1.54) is 25.3 Å². The van der Waals surface area contributed by atoms with Gasteiger partial charge < -0.3 is 10.1 Å². The predicted octanol–water partition coefficient (Wildman–Crippen LogP) is 1.50. The quantitative estimate of drug-likeness (QED) is 0.757. The number of methoxy groups -OCH3 is 1. The normalized spacial score (nSPS) is 16.7. The number of nitrogens with one attached hydrogen (secondary N) is 1. The largest absolute Gasteiger partial charge is 0.495 e. The number of hydrogen-bond donors (Lipinski definition) is 1. The zero-order valence-electron chi connectivity index (χ0n) is 15.4. The van der Waals surface area contributed by atoms with Crippen molar-refractivity contribution < 1.29 is 27.5 Å². The summed E-state index contributed by atoms with van der Waals surface area (Å²) in [5.74, 6) is -1.12. The first-order valence-electron chi connectivity index (χ1n) is 8.78. The van der Waals surface area contributed by atoms with Crippen molar-refractivity contribution in [1.82, 2.24) is 0 Å². The zero-order chi connectivity index (χ0) is 20.8. The lowest BCUT2D eigenvalue weighted by atomic mass is 10.2. The topological polar surface area (TPSA) is 113 Å². The number of sulfonamides is 1. The fourth-order valence-corrected chi connectivity index (χ4v) is 4.85. The molecule has 1 fully saturated rings. The molecule has 2 aliphatic heterocycles. The van der Waals surface area contributed by atoms with Crippen molar-refractivity contribution in [3.63, 3.8) is 0 Å². The third kappa shape index (κ3) is 3.11. The molecule has 0 bridgehead atoms. The second-order valence-electron chi connectivity index (χ2n) is 6.53. The number of carbonyl (C=O) groups excluding carboxylic acids is 3. The summed E-state index contributed by atoms with van der Waals surface area (Å²) in [6.07, 6.45) is 0.108. The van der Waals surface area contributed by atoms with Crippen molar-refractivity contribution >= 4 is 44.8 Å². The first-order valence-corrected chi connectivity index (χ1v) is 10.2. The molecular weight excluding hydrogens is 398 g/mol. The van der Waals surface area contributed by atoms with Crippen LogP contribution in [0.25, 0.3) is 0 Å². The SMILES string of the molecule is COc1ccc(S(=O)(=O)N2CC(=O)Nc3ccccc32)cc1N1C(=O)CCC1=O. The van der Waals surface area contributed by atoms with E-state index in [0.29, 0.717) is 11.4 Å². The van der Waals surface area contributed by atoms with Gasteiger partial charge in [0.15, 0.2) is 0 Å². The van der Waals surface area contributed by atoms with Crippen molar-refractivity contribution in [2.45, 2.75) is 17.7 Å². The Hall–Kier alpha value is -3.40. The molecule has 0 radical (unpaired) electrons. The van der Waals surface area contributed by atoms with E-state index < -0.39 is 27.7 Å². The van der Waals surface area contributed by atoms with E-state index in [-0.39, 0.29) is 35.7 Å². The summed E-state index contributed by atoms with van der Waals surface area (Å²) in [5, 5.41) is 2.64. The molecule has 0 atom stereocenters. The van der Waals surface area contributed by atoms with Crippen LogP contribution in [0.3, 0.4) is 0 Å². The van der Waals surface area contributed by atoms with E-state index in [0.717, 1.165) is 9.21 Å². The molecular formula is C19H17N3O6S. The first-order chi connectivity index (χ1) is 13.8. The lowest BCUT2D eigenvalue weighted by molar-refractivity contribution is -0.121. The van der Waals surface area contributed by atoms with Gasteiger partial charge in [-0.1, -0.05) is 12.1 Å². The number of carbonyl (C=O) groups is 3. The maximum atomic E-state index is 13.3. The number of fused-ring (bicyclic) bond motifs is 1. The fourth-order valence-electron chi connectivity index (χ4n) is 3.39. The maximum absolute atomic E-state index is 13.3. The van der Waals surface area contributed by atoms with Gasteiger partial charge in [-0.05, 0) is 30.3 Å².